The topological polar surface area (TPSA) is 32.3 Å². The van der Waals surface area contributed by atoms with Gasteiger partial charge in [-0.25, -0.2) is 0 Å². The fourth-order valence-corrected chi connectivity index (χ4v) is 3.28. The van der Waals surface area contributed by atoms with Crippen LogP contribution >= 0.6 is 0 Å². The number of benzene rings is 1. The van der Waals surface area contributed by atoms with Crippen LogP contribution < -0.4 is 5.32 Å². The van der Waals surface area contributed by atoms with E-state index in [2.05, 4.69) is 24.1 Å². The Kier molecular flexibility index (Phi) is 4.29. The summed E-state index contributed by atoms with van der Waals surface area (Å²) in [6, 6.07) is 9.92. The highest BCUT2D eigenvalue weighted by atomic mass is 16.2. The van der Waals surface area contributed by atoms with Crippen LogP contribution in [0.2, 0.25) is 0 Å². The van der Waals surface area contributed by atoms with Gasteiger partial charge in [0.1, 0.15) is 6.04 Å². The molecule has 1 amide bonds. The van der Waals surface area contributed by atoms with Gasteiger partial charge in [0.25, 0.3) is 0 Å². The molecule has 3 nitrogen and oxygen atoms in total. The Hall–Kier alpha value is -1.35. The third-order valence-electron chi connectivity index (χ3n) is 4.68. The van der Waals surface area contributed by atoms with E-state index in [-0.39, 0.29) is 18.1 Å². The summed E-state index contributed by atoms with van der Waals surface area (Å²) in [6.45, 7) is 5.27. The van der Waals surface area contributed by atoms with Crippen molar-refractivity contribution in [3.8, 4) is 0 Å². The van der Waals surface area contributed by atoms with E-state index in [0.717, 1.165) is 24.4 Å². The number of hydrogen-bond acceptors (Lipinski definition) is 2. The Labute approximate surface area is 127 Å². The maximum Gasteiger partial charge on any atom is 0.245 e. The quantitative estimate of drug-likeness (QED) is 0.870. The van der Waals surface area contributed by atoms with E-state index in [9.17, 15) is 4.79 Å². The molecule has 0 aromatic heterocycles. The minimum atomic E-state index is -0.167. The van der Waals surface area contributed by atoms with Gasteiger partial charge in [-0.1, -0.05) is 57.0 Å². The van der Waals surface area contributed by atoms with Crippen molar-refractivity contribution >= 4 is 5.91 Å². The van der Waals surface area contributed by atoms with Crippen LogP contribution in [0.3, 0.4) is 0 Å². The number of amides is 1. The average Bonchev–Trinajstić information content (AvgIpc) is 3.24. The second kappa shape index (κ2) is 6.18. The van der Waals surface area contributed by atoms with Crippen molar-refractivity contribution in [2.45, 2.75) is 51.7 Å². The van der Waals surface area contributed by atoms with Gasteiger partial charge in [0.05, 0.1) is 6.17 Å². The fourth-order valence-electron chi connectivity index (χ4n) is 3.28. The van der Waals surface area contributed by atoms with Crippen molar-refractivity contribution in [2.24, 2.45) is 11.8 Å². The van der Waals surface area contributed by atoms with Crippen molar-refractivity contribution in [3.63, 3.8) is 0 Å². The van der Waals surface area contributed by atoms with Crippen LogP contribution in [-0.2, 0) is 4.79 Å². The second-order valence-electron chi connectivity index (χ2n) is 6.82. The summed E-state index contributed by atoms with van der Waals surface area (Å²) < 4.78 is 0. The molecule has 21 heavy (non-hydrogen) atoms. The predicted molar refractivity (Wildman–Crippen MR) is 84.6 cm³/mol. The molecule has 2 fully saturated rings. The van der Waals surface area contributed by atoms with Gasteiger partial charge in [-0.2, -0.15) is 0 Å². The summed E-state index contributed by atoms with van der Waals surface area (Å²) in [5, 5.41) is 3.54. The van der Waals surface area contributed by atoms with E-state index in [0.29, 0.717) is 5.92 Å². The summed E-state index contributed by atoms with van der Waals surface area (Å²) in [5.41, 5.74) is 1.08. The number of carbonyl (C=O) groups is 1. The normalized spacial score (nSPS) is 25.9. The highest BCUT2D eigenvalue weighted by molar-refractivity contribution is 5.85. The first kappa shape index (κ1) is 14.6. The first-order valence-electron chi connectivity index (χ1n) is 8.28. The number of carbonyl (C=O) groups excluding carboxylic acids is 1. The van der Waals surface area contributed by atoms with Gasteiger partial charge in [-0.3, -0.25) is 10.1 Å². The zero-order chi connectivity index (χ0) is 14.8. The van der Waals surface area contributed by atoms with Gasteiger partial charge in [-0.15, -0.1) is 0 Å². The molecule has 0 bridgehead atoms. The molecule has 1 saturated heterocycles. The zero-order valence-corrected chi connectivity index (χ0v) is 13.1. The monoisotopic (exact) mass is 286 g/mol. The minimum Gasteiger partial charge on any atom is -0.325 e. The van der Waals surface area contributed by atoms with Crippen molar-refractivity contribution in [1.82, 2.24) is 10.2 Å². The van der Waals surface area contributed by atoms with Crippen molar-refractivity contribution in [2.75, 3.05) is 6.54 Å². The zero-order valence-electron chi connectivity index (χ0n) is 13.1. The summed E-state index contributed by atoms with van der Waals surface area (Å²) in [5.74, 6) is 1.62. The van der Waals surface area contributed by atoms with Crippen molar-refractivity contribution in [3.05, 3.63) is 35.9 Å². The molecule has 1 N–H and O–H groups in total. The maximum atomic E-state index is 12.8. The van der Waals surface area contributed by atoms with Crippen LogP contribution in [0.15, 0.2) is 30.3 Å². The van der Waals surface area contributed by atoms with Gasteiger partial charge in [0, 0.05) is 6.54 Å². The van der Waals surface area contributed by atoms with Crippen LogP contribution in [0.1, 0.15) is 51.1 Å². The van der Waals surface area contributed by atoms with Gasteiger partial charge in [0.2, 0.25) is 5.91 Å². The van der Waals surface area contributed by atoms with Crippen LogP contribution in [0.4, 0.5) is 0 Å². The molecule has 3 rings (SSSR count). The first-order chi connectivity index (χ1) is 10.2. The Morgan fingerprint density at radius 2 is 1.95 bits per heavy atom. The first-order valence-corrected chi connectivity index (χ1v) is 8.28. The molecular formula is C18H26N2O. The Morgan fingerprint density at radius 1 is 1.24 bits per heavy atom. The molecule has 0 radical (unpaired) electrons. The Bertz CT molecular complexity index is 481. The van der Waals surface area contributed by atoms with E-state index in [1.54, 1.807) is 0 Å². The van der Waals surface area contributed by atoms with Crippen LogP contribution in [-0.4, -0.2) is 23.5 Å². The van der Waals surface area contributed by atoms with Crippen LogP contribution in [0.5, 0.6) is 0 Å². The Balaban J connectivity index is 1.69. The lowest BCUT2D eigenvalue weighted by Gasteiger charge is -2.27. The van der Waals surface area contributed by atoms with Gasteiger partial charge in [0.15, 0.2) is 0 Å². The smallest absolute Gasteiger partial charge is 0.245 e. The van der Waals surface area contributed by atoms with E-state index in [1.807, 2.05) is 30.3 Å². The molecule has 1 aromatic rings. The molecule has 1 saturated carbocycles. The number of nitrogens with one attached hydrogen (secondary N) is 1. The lowest BCUT2D eigenvalue weighted by molar-refractivity contribution is -0.130. The van der Waals surface area contributed by atoms with E-state index >= 15 is 0 Å². The third-order valence-corrected chi connectivity index (χ3v) is 4.68. The van der Waals surface area contributed by atoms with E-state index in [4.69, 9.17) is 0 Å². The fraction of sp³-hybridized carbons (Fsp3) is 0.611. The highest BCUT2D eigenvalue weighted by Gasteiger charge is 2.40. The predicted octanol–water partition coefficient (Wildman–Crippen LogP) is 3.33. The number of hydrogen-bond donors (Lipinski definition) is 1. The van der Waals surface area contributed by atoms with E-state index < -0.39 is 0 Å². The second-order valence-corrected chi connectivity index (χ2v) is 6.82. The summed E-state index contributed by atoms with van der Waals surface area (Å²) in [7, 11) is 0. The summed E-state index contributed by atoms with van der Waals surface area (Å²) in [4.78, 5) is 14.8. The number of rotatable bonds is 6. The molecule has 2 unspecified atom stereocenters. The van der Waals surface area contributed by atoms with Gasteiger partial charge in [-0.05, 0) is 30.2 Å². The molecule has 2 atom stereocenters. The molecular weight excluding hydrogens is 260 g/mol. The molecule has 0 spiro atoms. The van der Waals surface area contributed by atoms with Crippen molar-refractivity contribution in [1.29, 1.82) is 0 Å². The molecule has 114 valence electrons. The van der Waals surface area contributed by atoms with Crippen LogP contribution in [0.25, 0.3) is 0 Å². The lowest BCUT2D eigenvalue weighted by atomic mass is 10.1. The summed E-state index contributed by atoms with van der Waals surface area (Å²) >= 11 is 0. The highest BCUT2D eigenvalue weighted by Crippen LogP contribution is 2.34. The molecule has 1 aliphatic heterocycles. The summed E-state index contributed by atoms with van der Waals surface area (Å²) in [6.07, 6.45) is 5.38. The molecule has 1 aromatic carbocycles. The molecule has 1 heterocycles. The van der Waals surface area contributed by atoms with Gasteiger partial charge >= 0.3 is 0 Å². The standard InChI is InChI=1S/C18H26N2O/c1-13(2)17-19-16(15-8-4-3-5-9-15)18(21)20(17)12-6-7-14-10-11-14/h3-5,8-9,13-14,16-17,19H,6-7,10-12H2,1-2H3. The lowest BCUT2D eigenvalue weighted by Crippen LogP contribution is -2.41. The molecule has 1 aliphatic carbocycles. The minimum absolute atomic E-state index is 0.167. The SMILES string of the molecule is CC(C)C1NC(c2ccccc2)C(=O)N1CCCC1CC1. The van der Waals surface area contributed by atoms with E-state index in [1.165, 1.54) is 19.3 Å². The van der Waals surface area contributed by atoms with Crippen LogP contribution in [0, 0.1) is 11.8 Å². The Morgan fingerprint density at radius 3 is 2.57 bits per heavy atom. The molecule has 3 heteroatoms. The number of nitrogens with zero attached hydrogens (tertiary/aromatic N) is 1. The third kappa shape index (κ3) is 3.29. The van der Waals surface area contributed by atoms with Gasteiger partial charge < -0.3 is 4.90 Å². The molecule has 2 aliphatic rings. The largest absolute Gasteiger partial charge is 0.325 e. The average molecular weight is 286 g/mol. The maximum absolute atomic E-state index is 12.8. The van der Waals surface area contributed by atoms with Crippen molar-refractivity contribution < 1.29 is 4.79 Å².